The quantitative estimate of drug-likeness (QED) is 0.856. The number of carbonyl (C=O) groups excluding carboxylic acids is 1. The summed E-state index contributed by atoms with van der Waals surface area (Å²) in [6, 6.07) is 1.89. The van der Waals surface area contributed by atoms with Crippen LogP contribution in [-0.4, -0.2) is 15.9 Å². The lowest BCUT2D eigenvalue weighted by Gasteiger charge is -2.13. The minimum atomic E-state index is -0.114. The second-order valence-electron chi connectivity index (χ2n) is 5.31. The summed E-state index contributed by atoms with van der Waals surface area (Å²) >= 11 is 1.69. The third-order valence-electron chi connectivity index (χ3n) is 3.58. The van der Waals surface area contributed by atoms with Gasteiger partial charge in [-0.15, -0.1) is 11.3 Å². The Morgan fingerprint density at radius 1 is 1.19 bits per heavy atom. The summed E-state index contributed by atoms with van der Waals surface area (Å²) < 4.78 is 0. The highest BCUT2D eigenvalue weighted by Crippen LogP contribution is 2.30. The average Bonchev–Trinajstić information content (AvgIpc) is 2.88. The van der Waals surface area contributed by atoms with E-state index in [4.69, 9.17) is 0 Å². The molecule has 2 aromatic rings. The van der Waals surface area contributed by atoms with E-state index in [0.717, 1.165) is 36.2 Å². The van der Waals surface area contributed by atoms with Crippen molar-refractivity contribution in [1.82, 2.24) is 15.4 Å². The third kappa shape index (κ3) is 3.05. The summed E-state index contributed by atoms with van der Waals surface area (Å²) in [4.78, 5) is 22.1. The summed E-state index contributed by atoms with van der Waals surface area (Å²) in [7, 11) is 0. The first-order valence-electron chi connectivity index (χ1n) is 7.11. The molecule has 2 heterocycles. The van der Waals surface area contributed by atoms with Crippen LogP contribution in [0.25, 0.3) is 0 Å². The number of hydrogen-bond acceptors (Lipinski definition) is 5. The molecule has 0 spiro atoms. The third-order valence-corrected chi connectivity index (χ3v) is 4.66. The van der Waals surface area contributed by atoms with E-state index < -0.39 is 0 Å². The summed E-state index contributed by atoms with van der Waals surface area (Å²) in [6.07, 6.45) is 4.49. The Morgan fingerprint density at radius 3 is 2.67 bits per heavy atom. The number of carbonyl (C=O) groups is 1. The molecule has 1 aliphatic carbocycles. The highest BCUT2D eigenvalue weighted by molar-refractivity contribution is 7.10. The van der Waals surface area contributed by atoms with E-state index in [9.17, 15) is 4.79 Å². The SMILES string of the molecule is Cc1cc(C)nc(NNC(=O)c2csc3c2CCCC3)n1. The van der Waals surface area contributed by atoms with Crippen LogP contribution >= 0.6 is 11.3 Å². The van der Waals surface area contributed by atoms with Crippen LogP contribution in [0.15, 0.2) is 11.4 Å². The van der Waals surface area contributed by atoms with Crippen molar-refractivity contribution in [2.24, 2.45) is 0 Å². The zero-order valence-corrected chi connectivity index (χ0v) is 13.0. The predicted octanol–water partition coefficient (Wildman–Crippen LogP) is 2.79. The Labute approximate surface area is 127 Å². The molecule has 2 N–H and O–H groups in total. The summed E-state index contributed by atoms with van der Waals surface area (Å²) in [6.45, 7) is 3.80. The Bertz CT molecular complexity index is 660. The first-order valence-corrected chi connectivity index (χ1v) is 7.99. The number of aryl methyl sites for hydroxylation is 3. The van der Waals surface area contributed by atoms with Gasteiger partial charge in [0.2, 0.25) is 5.95 Å². The number of amides is 1. The molecule has 0 bridgehead atoms. The molecule has 0 saturated heterocycles. The van der Waals surface area contributed by atoms with E-state index in [1.165, 1.54) is 16.9 Å². The van der Waals surface area contributed by atoms with Crippen LogP contribution in [0.5, 0.6) is 0 Å². The molecule has 1 aliphatic rings. The predicted molar refractivity (Wildman–Crippen MR) is 83.6 cm³/mol. The lowest BCUT2D eigenvalue weighted by atomic mass is 9.96. The fourth-order valence-electron chi connectivity index (χ4n) is 2.65. The van der Waals surface area contributed by atoms with Crippen LogP contribution in [0.2, 0.25) is 0 Å². The molecule has 2 aromatic heterocycles. The van der Waals surface area contributed by atoms with Crippen molar-refractivity contribution in [3.8, 4) is 0 Å². The van der Waals surface area contributed by atoms with Gasteiger partial charge in [-0.2, -0.15) is 0 Å². The maximum atomic E-state index is 12.3. The van der Waals surface area contributed by atoms with Gasteiger partial charge in [0, 0.05) is 21.6 Å². The number of nitrogens with zero attached hydrogens (tertiary/aromatic N) is 2. The minimum Gasteiger partial charge on any atom is -0.267 e. The number of aromatic nitrogens is 2. The fourth-order valence-corrected chi connectivity index (χ4v) is 3.77. The van der Waals surface area contributed by atoms with Crippen molar-refractivity contribution in [2.45, 2.75) is 39.5 Å². The molecule has 3 rings (SSSR count). The molecule has 5 nitrogen and oxygen atoms in total. The molecule has 0 saturated carbocycles. The Kier molecular flexibility index (Phi) is 3.88. The summed E-state index contributed by atoms with van der Waals surface area (Å²) in [5.74, 6) is 0.308. The Balaban J connectivity index is 1.70. The maximum absolute atomic E-state index is 12.3. The van der Waals surface area contributed by atoms with Gasteiger partial charge in [-0.05, 0) is 51.2 Å². The van der Waals surface area contributed by atoms with E-state index in [2.05, 4.69) is 20.8 Å². The number of hydrazine groups is 1. The van der Waals surface area contributed by atoms with Gasteiger partial charge in [-0.3, -0.25) is 15.6 Å². The van der Waals surface area contributed by atoms with Crippen LogP contribution in [0.3, 0.4) is 0 Å². The van der Waals surface area contributed by atoms with Crippen LogP contribution in [0.1, 0.15) is 45.0 Å². The highest BCUT2D eigenvalue weighted by atomic mass is 32.1. The molecule has 0 atom stereocenters. The second kappa shape index (κ2) is 5.81. The second-order valence-corrected chi connectivity index (χ2v) is 6.28. The lowest BCUT2D eigenvalue weighted by Crippen LogP contribution is -2.31. The van der Waals surface area contributed by atoms with Gasteiger partial charge in [0.1, 0.15) is 0 Å². The van der Waals surface area contributed by atoms with Crippen LogP contribution in [0.4, 0.5) is 5.95 Å². The van der Waals surface area contributed by atoms with Crippen LogP contribution in [-0.2, 0) is 12.8 Å². The number of nitrogens with one attached hydrogen (secondary N) is 2. The molecular formula is C15H18N4OS. The summed E-state index contributed by atoms with van der Waals surface area (Å²) in [5.41, 5.74) is 9.24. The molecular weight excluding hydrogens is 284 g/mol. The first kappa shape index (κ1) is 14.0. The molecule has 21 heavy (non-hydrogen) atoms. The minimum absolute atomic E-state index is 0.114. The first-order chi connectivity index (χ1) is 10.1. The molecule has 0 aliphatic heterocycles. The Hall–Kier alpha value is -1.95. The van der Waals surface area contributed by atoms with E-state index in [0.29, 0.717) is 5.95 Å². The average molecular weight is 302 g/mol. The van der Waals surface area contributed by atoms with Gasteiger partial charge in [0.25, 0.3) is 5.91 Å². The van der Waals surface area contributed by atoms with Crippen molar-refractivity contribution in [1.29, 1.82) is 0 Å². The van der Waals surface area contributed by atoms with Crippen molar-refractivity contribution in [3.63, 3.8) is 0 Å². The number of anilines is 1. The largest absolute Gasteiger partial charge is 0.270 e. The van der Waals surface area contributed by atoms with Gasteiger partial charge in [-0.1, -0.05) is 0 Å². The molecule has 0 unspecified atom stereocenters. The smallest absolute Gasteiger partial charge is 0.267 e. The molecule has 110 valence electrons. The van der Waals surface area contributed by atoms with E-state index in [1.54, 1.807) is 11.3 Å². The topological polar surface area (TPSA) is 66.9 Å². The number of thiophene rings is 1. The van der Waals surface area contributed by atoms with E-state index >= 15 is 0 Å². The van der Waals surface area contributed by atoms with E-state index in [-0.39, 0.29) is 5.91 Å². The molecule has 0 radical (unpaired) electrons. The van der Waals surface area contributed by atoms with Crippen LogP contribution in [0, 0.1) is 13.8 Å². The van der Waals surface area contributed by atoms with Gasteiger partial charge < -0.3 is 0 Å². The zero-order valence-electron chi connectivity index (χ0n) is 12.2. The summed E-state index contributed by atoms with van der Waals surface area (Å²) in [5, 5.41) is 1.95. The molecule has 6 heteroatoms. The normalized spacial score (nSPS) is 13.6. The maximum Gasteiger partial charge on any atom is 0.270 e. The van der Waals surface area contributed by atoms with E-state index in [1.807, 2.05) is 25.3 Å². The lowest BCUT2D eigenvalue weighted by molar-refractivity contribution is 0.0961. The van der Waals surface area contributed by atoms with Gasteiger partial charge in [0.15, 0.2) is 0 Å². The van der Waals surface area contributed by atoms with Crippen molar-refractivity contribution < 1.29 is 4.79 Å². The fraction of sp³-hybridized carbons (Fsp3) is 0.400. The number of fused-ring (bicyclic) bond motifs is 1. The molecule has 0 aromatic carbocycles. The van der Waals surface area contributed by atoms with Gasteiger partial charge >= 0.3 is 0 Å². The monoisotopic (exact) mass is 302 g/mol. The van der Waals surface area contributed by atoms with Crippen LogP contribution < -0.4 is 10.9 Å². The van der Waals surface area contributed by atoms with Crippen molar-refractivity contribution >= 4 is 23.2 Å². The number of rotatable bonds is 3. The van der Waals surface area contributed by atoms with Crippen molar-refractivity contribution in [3.05, 3.63) is 38.8 Å². The highest BCUT2D eigenvalue weighted by Gasteiger charge is 2.20. The molecule has 1 amide bonds. The Morgan fingerprint density at radius 2 is 1.90 bits per heavy atom. The number of hydrogen-bond donors (Lipinski definition) is 2. The van der Waals surface area contributed by atoms with Gasteiger partial charge in [-0.25, -0.2) is 9.97 Å². The van der Waals surface area contributed by atoms with Gasteiger partial charge in [0.05, 0.1) is 5.56 Å². The molecule has 0 fully saturated rings. The standard InChI is InChI=1S/C15H18N4OS/c1-9-7-10(2)17-15(16-9)19-18-14(20)12-8-21-13-6-4-3-5-11(12)13/h7-8H,3-6H2,1-2H3,(H,18,20)(H,16,17,19). The van der Waals surface area contributed by atoms with Crippen molar-refractivity contribution in [2.75, 3.05) is 5.43 Å². The zero-order chi connectivity index (χ0) is 14.8.